The van der Waals surface area contributed by atoms with Gasteiger partial charge in [0.1, 0.15) is 36.6 Å². The van der Waals surface area contributed by atoms with Crippen molar-refractivity contribution < 1.29 is 38.4 Å². The van der Waals surface area contributed by atoms with Crippen molar-refractivity contribution in [2.45, 2.75) is 102 Å². The maximum absolute atomic E-state index is 14.8. The number of benzene rings is 3. The van der Waals surface area contributed by atoms with Gasteiger partial charge in [-0.25, -0.2) is 4.39 Å². The first-order valence-corrected chi connectivity index (χ1v) is 22.7. The summed E-state index contributed by atoms with van der Waals surface area (Å²) in [4.78, 5) is 27.6. The minimum atomic E-state index is -1.40. The molecule has 3 aliphatic carbocycles. The van der Waals surface area contributed by atoms with Gasteiger partial charge in [0.15, 0.2) is 0 Å². The summed E-state index contributed by atoms with van der Waals surface area (Å²) in [7, 11) is 0. The summed E-state index contributed by atoms with van der Waals surface area (Å²) in [5.41, 5.74) is 6.16. The largest absolute Gasteiger partial charge is 0.487 e. The molecule has 332 valence electrons. The molecule has 0 spiro atoms. The second-order valence-corrected chi connectivity index (χ2v) is 17.5. The molecule has 0 radical (unpaired) electrons. The highest BCUT2D eigenvalue weighted by Crippen LogP contribution is 2.62. The highest BCUT2D eigenvalue weighted by Gasteiger charge is 2.66. The molecule has 2 fully saturated rings. The minimum absolute atomic E-state index is 0.000440. The predicted molar refractivity (Wildman–Crippen MR) is 239 cm³/mol. The monoisotopic (exact) mass is 857 g/mol. The quantitative estimate of drug-likeness (QED) is 0.0483. The fraction of sp³-hybridized carbons (Fsp3) is 0.442. The number of hydrogen-bond donors (Lipinski definition) is 2. The maximum atomic E-state index is 14.8. The molecular weight excluding hydrogens is 798 g/mol. The Morgan fingerprint density at radius 3 is 2.46 bits per heavy atom. The summed E-state index contributed by atoms with van der Waals surface area (Å²) in [5, 5.41) is 24.9. The van der Waals surface area contributed by atoms with Crippen LogP contribution in [0.1, 0.15) is 91.8 Å². The molecule has 6 atom stereocenters. The Kier molecular flexibility index (Phi) is 14.4. The molecule has 4 aromatic rings. The van der Waals surface area contributed by atoms with Gasteiger partial charge in [0.2, 0.25) is 11.7 Å². The van der Waals surface area contributed by atoms with Gasteiger partial charge in [0, 0.05) is 49.3 Å². The minimum Gasteiger partial charge on any atom is -0.487 e. The number of allylic oxidation sites excluding steroid dienone is 1. The van der Waals surface area contributed by atoms with Crippen LogP contribution in [-0.4, -0.2) is 63.4 Å². The van der Waals surface area contributed by atoms with Gasteiger partial charge in [0.05, 0.1) is 23.9 Å². The van der Waals surface area contributed by atoms with Crippen molar-refractivity contribution in [3.63, 3.8) is 0 Å². The zero-order chi connectivity index (χ0) is 43.8. The second-order valence-electron chi connectivity index (χ2n) is 17.5. The van der Waals surface area contributed by atoms with E-state index in [0.29, 0.717) is 24.3 Å². The van der Waals surface area contributed by atoms with Crippen LogP contribution in [0.3, 0.4) is 0 Å². The molecule has 10 nitrogen and oxygen atoms in total. The van der Waals surface area contributed by atoms with Crippen LogP contribution in [0.15, 0.2) is 120 Å². The van der Waals surface area contributed by atoms with Crippen LogP contribution in [0.4, 0.5) is 4.39 Å². The summed E-state index contributed by atoms with van der Waals surface area (Å²) in [6.07, 6.45) is 10.5. The van der Waals surface area contributed by atoms with Gasteiger partial charge in [-0.2, -0.15) is 0 Å². The van der Waals surface area contributed by atoms with E-state index in [9.17, 15) is 19.4 Å². The average molecular weight is 858 g/mol. The number of aromatic nitrogens is 1. The summed E-state index contributed by atoms with van der Waals surface area (Å²) in [6.45, 7) is 7.14. The normalized spacial score (nSPS) is 24.1. The average Bonchev–Trinajstić information content (AvgIpc) is 4.15. The van der Waals surface area contributed by atoms with Crippen molar-refractivity contribution in [3.05, 3.63) is 149 Å². The number of amides is 1. The summed E-state index contributed by atoms with van der Waals surface area (Å²) in [6, 6.07) is 27.4. The van der Waals surface area contributed by atoms with Gasteiger partial charge in [-0.3, -0.25) is 9.78 Å². The number of carbonyl (C=O) groups is 1. The first-order chi connectivity index (χ1) is 30.8. The molecule has 11 heteroatoms. The van der Waals surface area contributed by atoms with Crippen LogP contribution < -0.4 is 9.47 Å². The lowest BCUT2D eigenvalue weighted by Crippen LogP contribution is -2.70. The Hall–Kier alpha value is -5.36. The standard InChI is InChI=1S/C52H60FN3O7/c1-3-28-61-52-48(56(51(59)38-20-21-38)32-36-18-22-40(53)23-19-36)31-46(55-62-33-37-13-5-4-6-14-37)44-29-39(15-7-9-26-57)43(17-8-10-27-58)49(50(44)52)45-30-42(24-25-47(45)63-52)60-34-41-16-11-12-35(2)54-41/h3-6,11-14,16,18-19,22-25,29-30,38-39,43,48-50,57-58H,1,7-10,15,17,20-21,26-28,31-34H2,2H3. The number of halogens is 1. The number of unbranched alkanes of at least 4 members (excludes halogenated alkanes) is 2. The SMILES string of the molecule is C=CCOC12Oc3ccc(OCc4cccc(C)n4)cc3C3C(CCCCO)C(CCCCO)C=C(C(=NOCc4ccccc4)CC1N(Cc1ccc(F)cc1)C(=O)C1CC1)C32. The van der Waals surface area contributed by atoms with Crippen molar-refractivity contribution in [3.8, 4) is 11.5 Å². The Morgan fingerprint density at radius 2 is 1.73 bits per heavy atom. The smallest absolute Gasteiger partial charge is 0.239 e. The molecule has 63 heavy (non-hydrogen) atoms. The third-order valence-electron chi connectivity index (χ3n) is 13.1. The lowest BCUT2D eigenvalue weighted by molar-refractivity contribution is -0.258. The van der Waals surface area contributed by atoms with Crippen molar-refractivity contribution in [2.75, 3.05) is 19.8 Å². The van der Waals surface area contributed by atoms with Gasteiger partial charge >= 0.3 is 0 Å². The van der Waals surface area contributed by atoms with Crippen LogP contribution in [0.25, 0.3) is 0 Å². The van der Waals surface area contributed by atoms with Crippen molar-refractivity contribution >= 4 is 11.6 Å². The second kappa shape index (κ2) is 20.4. The van der Waals surface area contributed by atoms with Gasteiger partial charge in [-0.1, -0.05) is 78.7 Å². The molecule has 0 bridgehead atoms. The van der Waals surface area contributed by atoms with Gasteiger partial charge < -0.3 is 34.2 Å². The molecule has 1 amide bonds. The molecule has 2 N–H and O–H groups in total. The van der Waals surface area contributed by atoms with E-state index in [4.69, 9.17) is 24.2 Å². The number of oxime groups is 1. The number of aliphatic hydroxyl groups excluding tert-OH is 2. The number of nitrogens with zero attached hydrogens (tertiary/aromatic N) is 3. The van der Waals surface area contributed by atoms with E-state index in [1.165, 1.54) is 12.1 Å². The summed E-state index contributed by atoms with van der Waals surface area (Å²) < 4.78 is 35.4. The lowest BCUT2D eigenvalue weighted by atomic mass is 9.55. The maximum Gasteiger partial charge on any atom is 0.239 e. The van der Waals surface area contributed by atoms with E-state index >= 15 is 0 Å². The number of aliphatic hydroxyl groups is 2. The fourth-order valence-corrected chi connectivity index (χ4v) is 10.0. The summed E-state index contributed by atoms with van der Waals surface area (Å²) in [5.74, 6) is -1.10. The van der Waals surface area contributed by atoms with E-state index in [0.717, 1.165) is 77.9 Å². The van der Waals surface area contributed by atoms with Crippen molar-refractivity contribution in [1.82, 2.24) is 9.88 Å². The summed E-state index contributed by atoms with van der Waals surface area (Å²) >= 11 is 0. The van der Waals surface area contributed by atoms with E-state index in [1.54, 1.807) is 18.2 Å². The number of ether oxygens (including phenoxy) is 3. The number of fused-ring (bicyclic) bond motifs is 2. The number of aryl methyl sites for hydroxylation is 1. The lowest BCUT2D eigenvalue weighted by Gasteiger charge is -2.60. The van der Waals surface area contributed by atoms with E-state index in [2.05, 4.69) is 23.7 Å². The van der Waals surface area contributed by atoms with Crippen LogP contribution in [0, 0.1) is 36.4 Å². The van der Waals surface area contributed by atoms with Crippen LogP contribution in [0.5, 0.6) is 11.5 Å². The highest BCUT2D eigenvalue weighted by atomic mass is 19.1. The van der Waals surface area contributed by atoms with Crippen molar-refractivity contribution in [2.24, 2.45) is 28.8 Å². The molecule has 2 saturated carbocycles. The Bertz CT molecular complexity index is 2250. The topological polar surface area (TPSA) is 123 Å². The number of pyridine rings is 1. The molecule has 0 saturated heterocycles. The van der Waals surface area contributed by atoms with E-state index in [1.807, 2.05) is 72.5 Å². The van der Waals surface area contributed by atoms with E-state index < -0.39 is 17.7 Å². The zero-order valence-electron chi connectivity index (χ0n) is 36.2. The highest BCUT2D eigenvalue weighted by molar-refractivity contribution is 6.03. The third-order valence-corrected chi connectivity index (χ3v) is 13.1. The van der Waals surface area contributed by atoms with Gasteiger partial charge in [-0.15, -0.1) is 6.58 Å². The van der Waals surface area contributed by atoms with Crippen LogP contribution >= 0.6 is 0 Å². The Balaban J connectivity index is 1.31. The first-order valence-electron chi connectivity index (χ1n) is 22.7. The molecule has 3 aromatic carbocycles. The molecule has 2 heterocycles. The van der Waals surface area contributed by atoms with Crippen LogP contribution in [-0.2, 0) is 34.1 Å². The zero-order valence-corrected chi connectivity index (χ0v) is 36.2. The molecule has 4 aliphatic rings. The molecule has 6 unspecified atom stereocenters. The van der Waals surface area contributed by atoms with Gasteiger partial charge in [-0.05, 0) is 116 Å². The Labute approximate surface area is 370 Å². The van der Waals surface area contributed by atoms with E-state index in [-0.39, 0.29) is 81.4 Å². The van der Waals surface area contributed by atoms with Crippen LogP contribution in [0.2, 0.25) is 0 Å². The number of carbonyl (C=O) groups excluding carboxylic acids is 1. The fourth-order valence-electron chi connectivity index (χ4n) is 10.0. The van der Waals surface area contributed by atoms with Gasteiger partial charge in [0.25, 0.3) is 0 Å². The van der Waals surface area contributed by atoms with Crippen molar-refractivity contribution in [1.29, 1.82) is 0 Å². The first kappa shape index (κ1) is 44.3. The molecular formula is C52H60FN3O7. The molecule has 1 aromatic heterocycles. The third kappa shape index (κ3) is 10.1. The Morgan fingerprint density at radius 1 is 0.952 bits per heavy atom. The number of hydrogen-bond acceptors (Lipinski definition) is 9. The number of rotatable bonds is 21. The predicted octanol–water partition coefficient (Wildman–Crippen LogP) is 9.38. The molecule has 1 aliphatic heterocycles. The molecule has 8 rings (SSSR count).